The third kappa shape index (κ3) is 3.66. The van der Waals surface area contributed by atoms with Gasteiger partial charge in [0.15, 0.2) is 22.4 Å². The molecule has 142 valence electrons. The van der Waals surface area contributed by atoms with Crippen LogP contribution in [0, 0.1) is 0 Å². The van der Waals surface area contributed by atoms with Gasteiger partial charge >= 0.3 is 0 Å². The van der Waals surface area contributed by atoms with Gasteiger partial charge in [0, 0.05) is 16.7 Å². The molecule has 0 bridgehead atoms. The van der Waals surface area contributed by atoms with Crippen molar-refractivity contribution < 1.29 is 14.3 Å². The standard InChI is InChI=1S/C21H18N2O4S/c1-2-15-19(14-8-9-17-18(10-14)27-12-26-17)22-21(23-20(15)25)28-11-16(24)13-6-4-3-5-7-13/h3-10H,2,11-12H2,1H3,(H,22,23,25). The van der Waals surface area contributed by atoms with Crippen LogP contribution in [0.3, 0.4) is 0 Å². The average molecular weight is 394 g/mol. The number of nitrogens with one attached hydrogen (secondary N) is 1. The zero-order chi connectivity index (χ0) is 19.5. The number of rotatable bonds is 6. The van der Waals surface area contributed by atoms with Crippen molar-refractivity contribution in [2.75, 3.05) is 12.5 Å². The molecule has 0 atom stereocenters. The number of carbonyl (C=O) groups excluding carboxylic acids is 1. The van der Waals surface area contributed by atoms with E-state index in [0.717, 1.165) is 5.56 Å². The Hall–Kier alpha value is -3.06. The maximum Gasteiger partial charge on any atom is 0.255 e. The topological polar surface area (TPSA) is 81.3 Å². The summed E-state index contributed by atoms with van der Waals surface area (Å²) in [7, 11) is 0. The van der Waals surface area contributed by atoms with Crippen LogP contribution < -0.4 is 15.0 Å². The molecule has 1 N–H and O–H groups in total. The van der Waals surface area contributed by atoms with Gasteiger partial charge in [-0.15, -0.1) is 0 Å². The van der Waals surface area contributed by atoms with Gasteiger partial charge in [-0.1, -0.05) is 49.0 Å². The number of benzene rings is 2. The molecule has 2 aromatic carbocycles. The first-order valence-corrected chi connectivity index (χ1v) is 9.88. The lowest BCUT2D eigenvalue weighted by Gasteiger charge is -2.10. The molecule has 0 spiro atoms. The molecule has 0 fully saturated rings. The summed E-state index contributed by atoms with van der Waals surface area (Å²) < 4.78 is 10.8. The van der Waals surface area contributed by atoms with Crippen LogP contribution in [0.4, 0.5) is 0 Å². The lowest BCUT2D eigenvalue weighted by molar-refractivity contribution is 0.102. The van der Waals surface area contributed by atoms with E-state index in [2.05, 4.69) is 9.97 Å². The smallest absolute Gasteiger partial charge is 0.255 e. The predicted octanol–water partition coefficient (Wildman–Crippen LogP) is 3.70. The number of aromatic nitrogens is 2. The lowest BCUT2D eigenvalue weighted by Crippen LogP contribution is -2.17. The number of fused-ring (bicyclic) bond motifs is 1. The number of aromatic amines is 1. The van der Waals surface area contributed by atoms with Gasteiger partial charge in [0.1, 0.15) is 0 Å². The Balaban J connectivity index is 1.63. The molecule has 6 nitrogen and oxygen atoms in total. The Morgan fingerprint density at radius 1 is 1.14 bits per heavy atom. The van der Waals surface area contributed by atoms with E-state index in [9.17, 15) is 9.59 Å². The predicted molar refractivity (Wildman–Crippen MR) is 107 cm³/mol. The van der Waals surface area contributed by atoms with E-state index in [-0.39, 0.29) is 23.9 Å². The van der Waals surface area contributed by atoms with Gasteiger partial charge in [-0.3, -0.25) is 9.59 Å². The number of ketones is 1. The molecule has 0 aliphatic carbocycles. The number of hydrogen-bond donors (Lipinski definition) is 1. The molecular weight excluding hydrogens is 376 g/mol. The van der Waals surface area contributed by atoms with Crippen LogP contribution in [0.15, 0.2) is 58.5 Å². The first kappa shape index (κ1) is 18.3. The summed E-state index contributed by atoms with van der Waals surface area (Å²) in [5, 5.41) is 0.416. The fourth-order valence-electron chi connectivity index (χ4n) is 3.00. The van der Waals surface area contributed by atoms with E-state index in [1.54, 1.807) is 12.1 Å². The molecule has 28 heavy (non-hydrogen) atoms. The summed E-state index contributed by atoms with van der Waals surface area (Å²) in [6.07, 6.45) is 0.542. The van der Waals surface area contributed by atoms with E-state index in [1.807, 2.05) is 43.3 Å². The maximum atomic E-state index is 12.6. The fraction of sp³-hybridized carbons (Fsp3) is 0.190. The van der Waals surface area contributed by atoms with Crippen LogP contribution in [0.2, 0.25) is 0 Å². The zero-order valence-corrected chi connectivity index (χ0v) is 16.0. The number of thioether (sulfide) groups is 1. The highest BCUT2D eigenvalue weighted by Gasteiger charge is 2.18. The number of carbonyl (C=O) groups is 1. The molecule has 1 aromatic heterocycles. The largest absolute Gasteiger partial charge is 0.454 e. The number of Topliss-reactive ketones (excluding diaryl/α,β-unsaturated/α-hetero) is 1. The van der Waals surface area contributed by atoms with Crippen LogP contribution in [0.1, 0.15) is 22.8 Å². The highest BCUT2D eigenvalue weighted by molar-refractivity contribution is 7.99. The van der Waals surface area contributed by atoms with Crippen molar-refractivity contribution in [1.82, 2.24) is 9.97 Å². The molecule has 0 unspecified atom stereocenters. The Kier molecular flexibility index (Phi) is 5.16. The van der Waals surface area contributed by atoms with Crippen molar-refractivity contribution in [1.29, 1.82) is 0 Å². The minimum atomic E-state index is -0.195. The first-order chi connectivity index (χ1) is 13.7. The number of hydrogen-bond acceptors (Lipinski definition) is 6. The monoisotopic (exact) mass is 394 g/mol. The maximum absolute atomic E-state index is 12.6. The van der Waals surface area contributed by atoms with Crippen molar-refractivity contribution in [3.8, 4) is 22.8 Å². The molecule has 7 heteroatoms. The Labute approximate surface area is 165 Å². The van der Waals surface area contributed by atoms with Crippen molar-refractivity contribution in [2.45, 2.75) is 18.5 Å². The van der Waals surface area contributed by atoms with Gasteiger partial charge in [0.25, 0.3) is 5.56 Å². The second-order valence-corrected chi connectivity index (χ2v) is 7.16. The highest BCUT2D eigenvalue weighted by atomic mass is 32.2. The normalized spacial score (nSPS) is 12.2. The van der Waals surface area contributed by atoms with Gasteiger partial charge in [-0.05, 0) is 24.6 Å². The minimum Gasteiger partial charge on any atom is -0.454 e. The van der Waals surface area contributed by atoms with Crippen LogP contribution in [0.5, 0.6) is 11.5 Å². The number of nitrogens with zero attached hydrogens (tertiary/aromatic N) is 1. The second kappa shape index (κ2) is 7.90. The van der Waals surface area contributed by atoms with Gasteiger partial charge < -0.3 is 14.5 Å². The van der Waals surface area contributed by atoms with Crippen molar-refractivity contribution in [2.24, 2.45) is 0 Å². The Morgan fingerprint density at radius 2 is 1.93 bits per heavy atom. The fourth-order valence-corrected chi connectivity index (χ4v) is 3.75. The SMILES string of the molecule is CCc1c(-c2ccc3c(c2)OCO3)nc(SCC(=O)c2ccccc2)[nH]c1=O. The summed E-state index contributed by atoms with van der Waals surface area (Å²) in [5.41, 5.74) is 2.42. The summed E-state index contributed by atoms with van der Waals surface area (Å²) in [4.78, 5) is 32.3. The number of H-pyrrole nitrogens is 1. The van der Waals surface area contributed by atoms with Gasteiger partial charge in [-0.2, -0.15) is 0 Å². The minimum absolute atomic E-state index is 0.0163. The summed E-state index contributed by atoms with van der Waals surface area (Å²) in [6, 6.07) is 14.6. The van der Waals surface area contributed by atoms with E-state index < -0.39 is 0 Å². The summed E-state index contributed by atoms with van der Waals surface area (Å²) >= 11 is 1.22. The quantitative estimate of drug-likeness (QED) is 0.390. The molecule has 0 radical (unpaired) electrons. The van der Waals surface area contributed by atoms with Crippen LogP contribution >= 0.6 is 11.8 Å². The van der Waals surface area contributed by atoms with Gasteiger partial charge in [0.05, 0.1) is 11.4 Å². The Bertz CT molecular complexity index is 1080. The molecular formula is C21H18N2O4S. The van der Waals surface area contributed by atoms with E-state index >= 15 is 0 Å². The summed E-state index contributed by atoms with van der Waals surface area (Å²) in [6.45, 7) is 2.10. The van der Waals surface area contributed by atoms with Gasteiger partial charge in [0.2, 0.25) is 6.79 Å². The molecule has 1 aliphatic heterocycles. The third-order valence-electron chi connectivity index (χ3n) is 4.43. The summed E-state index contributed by atoms with van der Waals surface area (Å²) in [5.74, 6) is 1.49. The first-order valence-electron chi connectivity index (χ1n) is 8.90. The van der Waals surface area contributed by atoms with E-state index in [0.29, 0.717) is 39.9 Å². The van der Waals surface area contributed by atoms with Crippen LogP contribution in [-0.4, -0.2) is 28.3 Å². The van der Waals surface area contributed by atoms with Gasteiger partial charge in [-0.25, -0.2) is 4.98 Å². The zero-order valence-electron chi connectivity index (χ0n) is 15.2. The molecule has 0 saturated carbocycles. The van der Waals surface area contributed by atoms with Crippen molar-refractivity contribution in [3.63, 3.8) is 0 Å². The highest BCUT2D eigenvalue weighted by Crippen LogP contribution is 2.36. The molecule has 4 rings (SSSR count). The van der Waals surface area contributed by atoms with Crippen LogP contribution in [-0.2, 0) is 6.42 Å². The molecule has 3 aromatic rings. The molecule has 0 amide bonds. The third-order valence-corrected chi connectivity index (χ3v) is 5.30. The Morgan fingerprint density at radius 3 is 2.71 bits per heavy atom. The average Bonchev–Trinajstić information content (AvgIpc) is 3.20. The van der Waals surface area contributed by atoms with Crippen LogP contribution in [0.25, 0.3) is 11.3 Å². The number of ether oxygens (including phenoxy) is 2. The second-order valence-electron chi connectivity index (χ2n) is 6.20. The van der Waals surface area contributed by atoms with Crippen molar-refractivity contribution >= 4 is 17.5 Å². The lowest BCUT2D eigenvalue weighted by atomic mass is 10.0. The van der Waals surface area contributed by atoms with E-state index in [1.165, 1.54) is 11.8 Å². The van der Waals surface area contributed by atoms with Crippen molar-refractivity contribution in [3.05, 3.63) is 70.0 Å². The molecule has 1 aliphatic rings. The van der Waals surface area contributed by atoms with E-state index in [4.69, 9.17) is 9.47 Å². The molecule has 0 saturated heterocycles. The molecule has 2 heterocycles.